The molecule has 1 fully saturated rings. The summed E-state index contributed by atoms with van der Waals surface area (Å²) in [5.41, 5.74) is 0.966. The van der Waals surface area contributed by atoms with E-state index in [0.29, 0.717) is 35.1 Å². The van der Waals surface area contributed by atoms with E-state index in [9.17, 15) is 9.59 Å². The first kappa shape index (κ1) is 20.2. The van der Waals surface area contributed by atoms with E-state index in [1.54, 1.807) is 55.5 Å². The second kappa shape index (κ2) is 9.08. The van der Waals surface area contributed by atoms with Crippen LogP contribution in [0.3, 0.4) is 0 Å². The highest BCUT2D eigenvalue weighted by Crippen LogP contribution is 2.21. The number of likely N-dealkylation sites (N-methyl/N-ethyl adjacent to an activating group) is 1. The molecule has 0 unspecified atom stereocenters. The Morgan fingerprint density at radius 3 is 2.50 bits per heavy atom. The van der Waals surface area contributed by atoms with Gasteiger partial charge >= 0.3 is 0 Å². The number of para-hydroxylation sites is 1. The Bertz CT molecular complexity index is 850. The van der Waals surface area contributed by atoms with Crippen LogP contribution in [0.2, 0.25) is 5.02 Å². The van der Waals surface area contributed by atoms with Crippen LogP contribution in [0.25, 0.3) is 0 Å². The highest BCUT2D eigenvalue weighted by Gasteiger charge is 2.24. The van der Waals surface area contributed by atoms with Crippen LogP contribution in [0.1, 0.15) is 17.3 Å². The van der Waals surface area contributed by atoms with E-state index in [-0.39, 0.29) is 11.8 Å². The van der Waals surface area contributed by atoms with Gasteiger partial charge < -0.3 is 19.9 Å². The molecule has 1 heterocycles. The predicted molar refractivity (Wildman–Crippen MR) is 110 cm³/mol. The summed E-state index contributed by atoms with van der Waals surface area (Å²) in [4.78, 5) is 29.5. The second-order valence-corrected chi connectivity index (χ2v) is 7.28. The molecular formula is C21H24ClN3O3. The third-order valence-corrected chi connectivity index (χ3v) is 4.92. The quantitative estimate of drug-likeness (QED) is 0.836. The van der Waals surface area contributed by atoms with E-state index in [1.165, 1.54) is 0 Å². The second-order valence-electron chi connectivity index (χ2n) is 6.85. The Labute approximate surface area is 170 Å². The van der Waals surface area contributed by atoms with Crippen molar-refractivity contribution in [1.29, 1.82) is 0 Å². The molecule has 6 nitrogen and oxygen atoms in total. The number of hydrogen-bond donors (Lipinski definition) is 1. The maximum Gasteiger partial charge on any atom is 0.265 e. The molecule has 1 N–H and O–H groups in total. The number of amides is 2. The standard InChI is InChI=1S/C21H24ClN3O3/c1-15(28-17-7-5-6-16(22)14-17)20(26)23-19-9-4-3-8-18(19)21(27)25-12-10-24(2)11-13-25/h3-9,14-15H,10-13H2,1-2H3,(H,23,26)/t15-/m0/s1. The molecule has 0 aliphatic carbocycles. The van der Waals surface area contributed by atoms with Gasteiger partial charge in [0, 0.05) is 31.2 Å². The number of hydrogen-bond acceptors (Lipinski definition) is 4. The number of carbonyl (C=O) groups excluding carboxylic acids is 2. The zero-order chi connectivity index (χ0) is 20.1. The fourth-order valence-electron chi connectivity index (χ4n) is 2.99. The minimum absolute atomic E-state index is 0.0765. The molecule has 2 aromatic carbocycles. The molecule has 7 heteroatoms. The van der Waals surface area contributed by atoms with Gasteiger partial charge in [-0.3, -0.25) is 9.59 Å². The molecule has 2 amide bonds. The molecule has 0 spiro atoms. The summed E-state index contributed by atoms with van der Waals surface area (Å²) in [5.74, 6) is 0.1000. The normalized spacial score (nSPS) is 15.8. The number of piperazine rings is 1. The van der Waals surface area contributed by atoms with Gasteiger partial charge in [0.15, 0.2) is 6.10 Å². The number of carbonyl (C=O) groups is 2. The zero-order valence-electron chi connectivity index (χ0n) is 16.0. The van der Waals surface area contributed by atoms with Crippen LogP contribution in [0, 0.1) is 0 Å². The van der Waals surface area contributed by atoms with E-state index in [0.717, 1.165) is 13.1 Å². The number of anilines is 1. The minimum atomic E-state index is -0.745. The van der Waals surface area contributed by atoms with E-state index < -0.39 is 6.10 Å². The molecule has 28 heavy (non-hydrogen) atoms. The fourth-order valence-corrected chi connectivity index (χ4v) is 3.17. The summed E-state index contributed by atoms with van der Waals surface area (Å²) in [6, 6.07) is 13.9. The van der Waals surface area contributed by atoms with Crippen LogP contribution in [0.15, 0.2) is 48.5 Å². The lowest BCUT2D eigenvalue weighted by molar-refractivity contribution is -0.122. The van der Waals surface area contributed by atoms with Crippen LogP contribution in [-0.2, 0) is 4.79 Å². The lowest BCUT2D eigenvalue weighted by atomic mass is 10.1. The van der Waals surface area contributed by atoms with Crippen molar-refractivity contribution < 1.29 is 14.3 Å². The summed E-state index contributed by atoms with van der Waals surface area (Å²) in [7, 11) is 2.04. The van der Waals surface area contributed by atoms with Crippen molar-refractivity contribution in [2.75, 3.05) is 38.5 Å². The highest BCUT2D eigenvalue weighted by atomic mass is 35.5. The number of ether oxygens (including phenoxy) is 1. The van der Waals surface area contributed by atoms with Gasteiger partial charge in [-0.1, -0.05) is 29.8 Å². The summed E-state index contributed by atoms with van der Waals surface area (Å²) in [6.07, 6.45) is -0.745. The molecule has 148 valence electrons. The van der Waals surface area contributed by atoms with E-state index >= 15 is 0 Å². The average molecular weight is 402 g/mol. The molecule has 0 bridgehead atoms. The summed E-state index contributed by atoms with van der Waals surface area (Å²) >= 11 is 5.95. The number of rotatable bonds is 5. The van der Waals surface area contributed by atoms with Crippen molar-refractivity contribution in [2.45, 2.75) is 13.0 Å². The molecule has 1 aliphatic heterocycles. The molecule has 1 atom stereocenters. The van der Waals surface area contributed by atoms with Crippen molar-refractivity contribution >= 4 is 29.1 Å². The van der Waals surface area contributed by atoms with Gasteiger partial charge in [-0.25, -0.2) is 0 Å². The summed E-state index contributed by atoms with van der Waals surface area (Å²) in [6.45, 7) is 4.68. The van der Waals surface area contributed by atoms with Gasteiger partial charge in [0.25, 0.3) is 11.8 Å². The van der Waals surface area contributed by atoms with Gasteiger partial charge in [0.2, 0.25) is 0 Å². The summed E-state index contributed by atoms with van der Waals surface area (Å²) < 4.78 is 5.66. The van der Waals surface area contributed by atoms with Gasteiger partial charge in [0.05, 0.1) is 11.3 Å². The monoisotopic (exact) mass is 401 g/mol. The minimum Gasteiger partial charge on any atom is -0.481 e. The molecular weight excluding hydrogens is 378 g/mol. The van der Waals surface area contributed by atoms with E-state index in [4.69, 9.17) is 16.3 Å². The van der Waals surface area contributed by atoms with Crippen LogP contribution in [0.5, 0.6) is 5.75 Å². The fraction of sp³-hybridized carbons (Fsp3) is 0.333. The van der Waals surface area contributed by atoms with Crippen LogP contribution in [0.4, 0.5) is 5.69 Å². The van der Waals surface area contributed by atoms with Crippen molar-refractivity contribution in [3.63, 3.8) is 0 Å². The zero-order valence-corrected chi connectivity index (χ0v) is 16.8. The first-order chi connectivity index (χ1) is 13.4. The number of nitrogens with zero attached hydrogens (tertiary/aromatic N) is 2. The van der Waals surface area contributed by atoms with Crippen LogP contribution >= 0.6 is 11.6 Å². The van der Waals surface area contributed by atoms with Crippen molar-refractivity contribution in [3.8, 4) is 5.75 Å². The Morgan fingerprint density at radius 1 is 1.07 bits per heavy atom. The largest absolute Gasteiger partial charge is 0.481 e. The van der Waals surface area contributed by atoms with Crippen molar-refractivity contribution in [1.82, 2.24) is 9.80 Å². The maximum atomic E-state index is 12.9. The van der Waals surface area contributed by atoms with Gasteiger partial charge in [-0.2, -0.15) is 0 Å². The van der Waals surface area contributed by atoms with E-state index in [1.807, 2.05) is 11.9 Å². The SMILES string of the molecule is C[C@H](Oc1cccc(Cl)c1)C(=O)Nc1ccccc1C(=O)N1CCN(C)CC1. The highest BCUT2D eigenvalue weighted by molar-refractivity contribution is 6.30. The van der Waals surface area contributed by atoms with Crippen LogP contribution < -0.4 is 10.1 Å². The molecule has 3 rings (SSSR count). The Hall–Kier alpha value is -2.57. The van der Waals surface area contributed by atoms with Gasteiger partial charge in [-0.15, -0.1) is 0 Å². The molecule has 0 aromatic heterocycles. The maximum absolute atomic E-state index is 12.9. The number of benzene rings is 2. The lowest BCUT2D eigenvalue weighted by Gasteiger charge is -2.32. The Balaban J connectivity index is 1.68. The molecule has 1 saturated heterocycles. The Kier molecular flexibility index (Phi) is 6.54. The van der Waals surface area contributed by atoms with Gasteiger partial charge in [-0.05, 0) is 44.3 Å². The van der Waals surface area contributed by atoms with Crippen molar-refractivity contribution in [3.05, 3.63) is 59.1 Å². The first-order valence-corrected chi connectivity index (χ1v) is 9.62. The molecule has 1 aliphatic rings. The number of nitrogens with one attached hydrogen (secondary N) is 1. The molecule has 2 aromatic rings. The van der Waals surface area contributed by atoms with Crippen LogP contribution in [-0.4, -0.2) is 60.9 Å². The topological polar surface area (TPSA) is 61.9 Å². The predicted octanol–water partition coefficient (Wildman–Crippen LogP) is 3.13. The Morgan fingerprint density at radius 2 is 1.79 bits per heavy atom. The van der Waals surface area contributed by atoms with Crippen molar-refractivity contribution in [2.24, 2.45) is 0 Å². The average Bonchev–Trinajstić information content (AvgIpc) is 2.68. The lowest BCUT2D eigenvalue weighted by Crippen LogP contribution is -2.47. The van der Waals surface area contributed by atoms with Gasteiger partial charge in [0.1, 0.15) is 5.75 Å². The third-order valence-electron chi connectivity index (χ3n) is 4.68. The van der Waals surface area contributed by atoms with E-state index in [2.05, 4.69) is 10.2 Å². The number of halogens is 1. The smallest absolute Gasteiger partial charge is 0.265 e. The third kappa shape index (κ3) is 5.03. The molecule has 0 saturated carbocycles. The summed E-state index contributed by atoms with van der Waals surface area (Å²) in [5, 5.41) is 3.35. The molecule has 0 radical (unpaired) electrons. The first-order valence-electron chi connectivity index (χ1n) is 9.24.